The van der Waals surface area contributed by atoms with Gasteiger partial charge in [0, 0.05) is 24.7 Å². The summed E-state index contributed by atoms with van der Waals surface area (Å²) in [4.78, 5) is 11.9. The minimum absolute atomic E-state index is 0.105. The van der Waals surface area contributed by atoms with E-state index in [1.807, 2.05) is 13.8 Å². The van der Waals surface area contributed by atoms with E-state index in [-0.39, 0.29) is 23.4 Å². The van der Waals surface area contributed by atoms with Crippen LogP contribution in [0.25, 0.3) is 0 Å². The van der Waals surface area contributed by atoms with Crippen LogP contribution in [0.4, 0.5) is 0 Å². The van der Waals surface area contributed by atoms with Gasteiger partial charge in [-0.3, -0.25) is 4.79 Å². The number of carbonyl (C=O) groups excluding carboxylic acids is 1. The number of benzene rings is 1. The van der Waals surface area contributed by atoms with Gasteiger partial charge in [-0.15, -0.1) is 0 Å². The lowest BCUT2D eigenvalue weighted by molar-refractivity contribution is -0.121. The minimum Gasteiger partial charge on any atom is -0.353 e. The standard InChI is InChI=1S/C14H22ClN3O3S/c1-4-16-11(2)9-17-14(19)10-18(3)22(20,21)13-7-5-12(15)6-8-13/h5-8,11,16H,4,9-10H2,1-3H3,(H,17,19)/t11-/m1/s1. The van der Waals surface area contributed by atoms with Crippen LogP contribution in [0.2, 0.25) is 5.02 Å². The van der Waals surface area contributed by atoms with Crippen LogP contribution >= 0.6 is 11.6 Å². The maximum absolute atomic E-state index is 12.3. The Morgan fingerprint density at radius 1 is 1.32 bits per heavy atom. The number of hydrogen-bond donors (Lipinski definition) is 2. The van der Waals surface area contributed by atoms with Gasteiger partial charge in [0.15, 0.2) is 0 Å². The molecule has 0 bridgehead atoms. The molecule has 0 saturated carbocycles. The molecule has 1 amide bonds. The summed E-state index contributed by atoms with van der Waals surface area (Å²) in [7, 11) is -2.33. The average molecular weight is 348 g/mol. The van der Waals surface area contributed by atoms with Crippen molar-refractivity contribution in [3.05, 3.63) is 29.3 Å². The molecule has 0 unspecified atom stereocenters. The Bertz CT molecular complexity index is 590. The van der Waals surface area contributed by atoms with Crippen LogP contribution in [0.3, 0.4) is 0 Å². The summed E-state index contributed by atoms with van der Waals surface area (Å²) < 4.78 is 25.6. The van der Waals surface area contributed by atoms with Crippen LogP contribution < -0.4 is 10.6 Å². The Balaban J connectivity index is 2.61. The fourth-order valence-corrected chi connectivity index (χ4v) is 3.07. The van der Waals surface area contributed by atoms with Crippen molar-refractivity contribution in [3.63, 3.8) is 0 Å². The molecule has 1 aromatic carbocycles. The van der Waals surface area contributed by atoms with Gasteiger partial charge in [0.1, 0.15) is 0 Å². The molecule has 0 aliphatic rings. The number of nitrogens with one attached hydrogen (secondary N) is 2. The van der Waals surface area contributed by atoms with Crippen molar-refractivity contribution >= 4 is 27.5 Å². The van der Waals surface area contributed by atoms with E-state index in [4.69, 9.17) is 11.6 Å². The molecule has 124 valence electrons. The molecule has 22 heavy (non-hydrogen) atoms. The zero-order valence-corrected chi connectivity index (χ0v) is 14.5. The Kier molecular flexibility index (Phi) is 7.28. The second-order valence-electron chi connectivity index (χ2n) is 4.98. The summed E-state index contributed by atoms with van der Waals surface area (Å²) in [6.45, 7) is 4.94. The number of sulfonamides is 1. The minimum atomic E-state index is -3.70. The van der Waals surface area contributed by atoms with Crippen LogP contribution in [0.15, 0.2) is 29.2 Å². The molecular weight excluding hydrogens is 326 g/mol. The van der Waals surface area contributed by atoms with Gasteiger partial charge in [-0.25, -0.2) is 8.42 Å². The molecule has 6 nitrogen and oxygen atoms in total. The number of likely N-dealkylation sites (N-methyl/N-ethyl adjacent to an activating group) is 2. The fraction of sp³-hybridized carbons (Fsp3) is 0.500. The topological polar surface area (TPSA) is 78.5 Å². The van der Waals surface area contributed by atoms with Gasteiger partial charge in [0.25, 0.3) is 0 Å². The van der Waals surface area contributed by atoms with Crippen LogP contribution in [0.1, 0.15) is 13.8 Å². The molecule has 0 radical (unpaired) electrons. The lowest BCUT2D eigenvalue weighted by Gasteiger charge is -2.18. The van der Waals surface area contributed by atoms with Crippen molar-refractivity contribution in [2.45, 2.75) is 24.8 Å². The summed E-state index contributed by atoms with van der Waals surface area (Å²) in [5, 5.41) is 6.31. The van der Waals surface area contributed by atoms with Crippen molar-refractivity contribution in [2.75, 3.05) is 26.7 Å². The van der Waals surface area contributed by atoms with Crippen LogP contribution in [0, 0.1) is 0 Å². The van der Waals surface area contributed by atoms with Crippen molar-refractivity contribution < 1.29 is 13.2 Å². The van der Waals surface area contributed by atoms with E-state index < -0.39 is 10.0 Å². The number of amides is 1. The Labute approximate surface area is 136 Å². The van der Waals surface area contributed by atoms with E-state index in [0.717, 1.165) is 10.8 Å². The summed E-state index contributed by atoms with van der Waals surface area (Å²) >= 11 is 5.74. The van der Waals surface area contributed by atoms with Crippen LogP contribution in [-0.4, -0.2) is 51.4 Å². The maximum Gasteiger partial charge on any atom is 0.243 e. The third-order valence-corrected chi connectivity index (χ3v) is 5.12. The van der Waals surface area contributed by atoms with Gasteiger partial charge < -0.3 is 10.6 Å². The molecule has 0 fully saturated rings. The van der Waals surface area contributed by atoms with E-state index in [9.17, 15) is 13.2 Å². The van der Waals surface area contributed by atoms with Gasteiger partial charge in [-0.05, 0) is 37.7 Å². The monoisotopic (exact) mass is 347 g/mol. The van der Waals surface area contributed by atoms with Crippen LogP contribution in [-0.2, 0) is 14.8 Å². The Morgan fingerprint density at radius 2 is 1.91 bits per heavy atom. The first kappa shape index (κ1) is 18.9. The zero-order chi connectivity index (χ0) is 16.8. The molecule has 1 rings (SSSR count). The molecule has 2 N–H and O–H groups in total. The third-order valence-electron chi connectivity index (χ3n) is 3.05. The van der Waals surface area contributed by atoms with Gasteiger partial charge in [0.05, 0.1) is 11.4 Å². The van der Waals surface area contributed by atoms with E-state index in [2.05, 4.69) is 10.6 Å². The molecule has 1 atom stereocenters. The molecule has 0 saturated heterocycles. The number of rotatable bonds is 8. The van der Waals surface area contributed by atoms with Gasteiger partial charge >= 0.3 is 0 Å². The molecule has 8 heteroatoms. The third kappa shape index (κ3) is 5.57. The number of halogens is 1. The molecule has 0 aromatic heterocycles. The number of carbonyl (C=O) groups is 1. The first-order valence-corrected chi connectivity index (χ1v) is 8.81. The fourth-order valence-electron chi connectivity index (χ4n) is 1.82. The summed E-state index contributed by atoms with van der Waals surface area (Å²) in [5.41, 5.74) is 0. The summed E-state index contributed by atoms with van der Waals surface area (Å²) in [6.07, 6.45) is 0. The highest BCUT2D eigenvalue weighted by Gasteiger charge is 2.22. The van der Waals surface area contributed by atoms with Crippen molar-refractivity contribution in [3.8, 4) is 0 Å². The predicted octanol–water partition coefficient (Wildman–Crippen LogP) is 1.07. The molecule has 0 aliphatic carbocycles. The predicted molar refractivity (Wildman–Crippen MR) is 87.4 cm³/mol. The second-order valence-corrected chi connectivity index (χ2v) is 7.46. The normalized spacial score (nSPS) is 13.1. The summed E-state index contributed by atoms with van der Waals surface area (Å²) in [5.74, 6) is -0.343. The van der Waals surface area contributed by atoms with Crippen molar-refractivity contribution in [2.24, 2.45) is 0 Å². The molecular formula is C14H22ClN3O3S. The van der Waals surface area contributed by atoms with Gasteiger partial charge in [-0.2, -0.15) is 4.31 Å². The number of nitrogens with zero attached hydrogens (tertiary/aromatic N) is 1. The van der Waals surface area contributed by atoms with E-state index in [0.29, 0.717) is 11.6 Å². The zero-order valence-electron chi connectivity index (χ0n) is 13.0. The largest absolute Gasteiger partial charge is 0.353 e. The van der Waals surface area contributed by atoms with E-state index >= 15 is 0 Å². The second kappa shape index (κ2) is 8.47. The Morgan fingerprint density at radius 3 is 2.45 bits per heavy atom. The molecule has 0 heterocycles. The first-order valence-electron chi connectivity index (χ1n) is 6.99. The molecule has 1 aromatic rings. The highest BCUT2D eigenvalue weighted by atomic mass is 35.5. The van der Waals surface area contributed by atoms with E-state index in [1.165, 1.54) is 31.3 Å². The smallest absolute Gasteiger partial charge is 0.243 e. The highest BCUT2D eigenvalue weighted by molar-refractivity contribution is 7.89. The molecule has 0 aliphatic heterocycles. The SMILES string of the molecule is CCN[C@H](C)CNC(=O)CN(C)S(=O)(=O)c1ccc(Cl)cc1. The average Bonchev–Trinajstić information content (AvgIpc) is 2.46. The van der Waals surface area contributed by atoms with Crippen molar-refractivity contribution in [1.29, 1.82) is 0 Å². The van der Waals surface area contributed by atoms with Gasteiger partial charge in [-0.1, -0.05) is 18.5 Å². The van der Waals surface area contributed by atoms with E-state index in [1.54, 1.807) is 0 Å². The quantitative estimate of drug-likeness (QED) is 0.737. The van der Waals surface area contributed by atoms with Crippen LogP contribution in [0.5, 0.6) is 0 Å². The van der Waals surface area contributed by atoms with Gasteiger partial charge in [0.2, 0.25) is 15.9 Å². The lowest BCUT2D eigenvalue weighted by atomic mass is 10.3. The Hall–Kier alpha value is -1.15. The first-order chi connectivity index (χ1) is 10.3. The maximum atomic E-state index is 12.3. The lowest BCUT2D eigenvalue weighted by Crippen LogP contribution is -2.43. The highest BCUT2D eigenvalue weighted by Crippen LogP contribution is 2.17. The summed E-state index contributed by atoms with van der Waals surface area (Å²) in [6, 6.07) is 5.96. The van der Waals surface area contributed by atoms with Crippen molar-refractivity contribution in [1.82, 2.24) is 14.9 Å². The number of hydrogen-bond acceptors (Lipinski definition) is 4. The molecule has 0 spiro atoms.